The molecule has 3 aromatic carbocycles. The average Bonchev–Trinajstić information content (AvgIpc) is 3.39. The van der Waals surface area contributed by atoms with Crippen LogP contribution < -0.4 is 24.8 Å². The molecule has 0 atom stereocenters. The number of ketones is 1. The fourth-order valence-corrected chi connectivity index (χ4v) is 3.74. The topological polar surface area (TPSA) is 102 Å². The Morgan fingerprint density at radius 3 is 2.38 bits per heavy atom. The van der Waals surface area contributed by atoms with Gasteiger partial charge < -0.3 is 29.8 Å². The fourth-order valence-electron chi connectivity index (χ4n) is 3.74. The van der Waals surface area contributed by atoms with Crippen LogP contribution in [0.25, 0.3) is 17.0 Å². The summed E-state index contributed by atoms with van der Waals surface area (Å²) in [4.78, 5) is 28.6. The monoisotopic (exact) mass is 455 g/mol. The highest BCUT2D eigenvalue weighted by Crippen LogP contribution is 2.35. The zero-order valence-corrected chi connectivity index (χ0v) is 18.5. The highest BCUT2D eigenvalue weighted by atomic mass is 16.5. The Bertz CT molecular complexity index is 1440. The summed E-state index contributed by atoms with van der Waals surface area (Å²) in [5, 5.41) is 6.39. The second kappa shape index (κ2) is 8.67. The third kappa shape index (κ3) is 4.04. The molecule has 0 fully saturated rings. The van der Waals surface area contributed by atoms with Crippen molar-refractivity contribution in [2.75, 3.05) is 24.9 Å². The third-order valence-electron chi connectivity index (χ3n) is 5.48. The number of hydrogen-bond acceptors (Lipinski definition) is 5. The molecule has 170 valence electrons. The molecule has 1 aliphatic rings. The van der Waals surface area contributed by atoms with Crippen molar-refractivity contribution in [2.24, 2.45) is 0 Å². The van der Waals surface area contributed by atoms with Gasteiger partial charge in [0.1, 0.15) is 17.2 Å². The van der Waals surface area contributed by atoms with Gasteiger partial charge in [0, 0.05) is 34.0 Å². The van der Waals surface area contributed by atoms with Crippen LogP contribution in [0, 0.1) is 0 Å². The molecular formula is C26H21N3O5. The molecule has 4 aromatic rings. The number of allylic oxidation sites excluding steroid dienone is 1. The van der Waals surface area contributed by atoms with E-state index in [2.05, 4.69) is 15.6 Å². The number of hydrogen-bond donors (Lipinski definition) is 3. The van der Waals surface area contributed by atoms with Crippen molar-refractivity contribution in [3.63, 3.8) is 0 Å². The lowest BCUT2D eigenvalue weighted by molar-refractivity contribution is 0.101. The minimum atomic E-state index is -0.431. The van der Waals surface area contributed by atoms with Gasteiger partial charge >= 0.3 is 6.03 Å². The lowest BCUT2D eigenvalue weighted by Gasteiger charge is -2.09. The number of anilines is 2. The minimum Gasteiger partial charge on any atom is -0.497 e. The first-order valence-electron chi connectivity index (χ1n) is 10.5. The molecule has 8 nitrogen and oxygen atoms in total. The first-order chi connectivity index (χ1) is 16.5. The average molecular weight is 455 g/mol. The number of amides is 2. The summed E-state index contributed by atoms with van der Waals surface area (Å²) in [5.41, 5.74) is 3.19. The summed E-state index contributed by atoms with van der Waals surface area (Å²) in [7, 11) is 3.18. The second-order valence-electron chi connectivity index (χ2n) is 7.61. The number of H-pyrrole nitrogens is 1. The van der Waals surface area contributed by atoms with E-state index in [4.69, 9.17) is 14.2 Å². The molecule has 0 aliphatic carbocycles. The largest absolute Gasteiger partial charge is 0.497 e. The maximum Gasteiger partial charge on any atom is 0.323 e. The van der Waals surface area contributed by atoms with Crippen LogP contribution in [-0.4, -0.2) is 31.0 Å². The van der Waals surface area contributed by atoms with E-state index in [1.54, 1.807) is 62.8 Å². The van der Waals surface area contributed by atoms with Gasteiger partial charge in [-0.15, -0.1) is 0 Å². The number of aromatic amines is 1. The summed E-state index contributed by atoms with van der Waals surface area (Å²) in [5.74, 6) is 1.80. The summed E-state index contributed by atoms with van der Waals surface area (Å²) < 4.78 is 16.2. The van der Waals surface area contributed by atoms with E-state index in [-0.39, 0.29) is 11.5 Å². The third-order valence-corrected chi connectivity index (χ3v) is 5.48. The van der Waals surface area contributed by atoms with Crippen LogP contribution in [0.3, 0.4) is 0 Å². The van der Waals surface area contributed by atoms with E-state index in [0.29, 0.717) is 28.4 Å². The smallest absolute Gasteiger partial charge is 0.323 e. The van der Waals surface area contributed by atoms with E-state index in [9.17, 15) is 9.59 Å². The quantitative estimate of drug-likeness (QED) is 0.348. The van der Waals surface area contributed by atoms with Gasteiger partial charge in [-0.2, -0.15) is 0 Å². The highest BCUT2D eigenvalue weighted by Gasteiger charge is 2.28. The van der Waals surface area contributed by atoms with E-state index in [1.165, 1.54) is 0 Å². The van der Waals surface area contributed by atoms with Crippen LogP contribution in [0.2, 0.25) is 0 Å². The first kappa shape index (κ1) is 21.1. The molecule has 0 spiro atoms. The zero-order chi connectivity index (χ0) is 23.7. The van der Waals surface area contributed by atoms with Gasteiger partial charge in [0.25, 0.3) is 0 Å². The molecule has 34 heavy (non-hydrogen) atoms. The molecule has 0 bridgehead atoms. The summed E-state index contributed by atoms with van der Waals surface area (Å²) in [6.45, 7) is 0. The number of fused-ring (bicyclic) bond motifs is 2. The van der Waals surface area contributed by atoms with Gasteiger partial charge in [-0.05, 0) is 66.7 Å². The van der Waals surface area contributed by atoms with Gasteiger partial charge in [-0.25, -0.2) is 4.79 Å². The molecule has 1 aromatic heterocycles. The number of carbonyl (C=O) groups is 2. The molecule has 0 radical (unpaired) electrons. The molecule has 0 saturated heterocycles. The normalized spacial score (nSPS) is 13.5. The molecule has 1 aliphatic heterocycles. The van der Waals surface area contributed by atoms with Crippen LogP contribution in [0.1, 0.15) is 15.9 Å². The molecule has 0 saturated carbocycles. The van der Waals surface area contributed by atoms with Crippen LogP contribution in [0.4, 0.5) is 16.2 Å². The van der Waals surface area contributed by atoms with Gasteiger partial charge in [0.2, 0.25) is 5.78 Å². The summed E-state index contributed by atoms with van der Waals surface area (Å²) in [6.07, 6.45) is 3.51. The fraction of sp³-hybridized carbons (Fsp3) is 0.0769. The number of nitrogens with one attached hydrogen (secondary N) is 3. The minimum absolute atomic E-state index is 0.207. The van der Waals surface area contributed by atoms with E-state index in [0.717, 1.165) is 22.2 Å². The SMILES string of the molecule is COc1ccc(NC(=O)Nc2ccc3c(c2)C(=O)/C(=C/c2c[nH]c4ccc(OC)cc24)O3)cc1. The number of benzene rings is 3. The maximum atomic E-state index is 13.0. The van der Waals surface area contributed by atoms with Crippen LogP contribution in [-0.2, 0) is 0 Å². The van der Waals surface area contributed by atoms with Crippen molar-refractivity contribution >= 4 is 40.2 Å². The second-order valence-corrected chi connectivity index (χ2v) is 7.61. The molecule has 8 heteroatoms. The Balaban J connectivity index is 1.33. The Kier molecular flexibility index (Phi) is 5.39. The maximum absolute atomic E-state index is 13.0. The Morgan fingerprint density at radius 2 is 1.62 bits per heavy atom. The Labute approximate surface area is 195 Å². The van der Waals surface area contributed by atoms with Crippen LogP contribution >= 0.6 is 0 Å². The zero-order valence-electron chi connectivity index (χ0n) is 18.5. The summed E-state index contributed by atoms with van der Waals surface area (Å²) in [6, 6.07) is 17.1. The Morgan fingerprint density at radius 1 is 0.912 bits per heavy atom. The highest BCUT2D eigenvalue weighted by molar-refractivity contribution is 6.16. The van der Waals surface area contributed by atoms with Crippen molar-refractivity contribution in [1.29, 1.82) is 0 Å². The number of rotatable bonds is 5. The van der Waals surface area contributed by atoms with Gasteiger partial charge in [0.05, 0.1) is 19.8 Å². The van der Waals surface area contributed by atoms with Crippen molar-refractivity contribution in [2.45, 2.75) is 0 Å². The molecular weight excluding hydrogens is 434 g/mol. The standard InChI is InChI=1S/C26H21N3O5/c1-32-18-6-3-16(4-7-18)28-26(31)29-17-5-10-23-21(12-17)25(30)24(34-23)11-15-14-27-22-9-8-19(33-2)13-20(15)22/h3-14,27H,1-2H3,(H2,28,29,31)/b24-11-. The number of Topliss-reactive ketones (excluding diaryl/α,β-unsaturated/α-hetero) is 1. The summed E-state index contributed by atoms with van der Waals surface area (Å²) >= 11 is 0. The van der Waals surface area contributed by atoms with Crippen molar-refractivity contribution in [3.05, 3.63) is 83.7 Å². The van der Waals surface area contributed by atoms with Crippen molar-refractivity contribution in [3.8, 4) is 17.2 Å². The van der Waals surface area contributed by atoms with E-state index < -0.39 is 6.03 Å². The predicted octanol–water partition coefficient (Wildman–Crippen LogP) is 5.45. The number of ether oxygens (including phenoxy) is 3. The number of aromatic nitrogens is 1. The number of urea groups is 1. The molecule has 2 heterocycles. The van der Waals surface area contributed by atoms with Gasteiger partial charge in [0.15, 0.2) is 5.76 Å². The van der Waals surface area contributed by atoms with Crippen LogP contribution in [0.5, 0.6) is 17.2 Å². The van der Waals surface area contributed by atoms with Gasteiger partial charge in [-0.1, -0.05) is 0 Å². The van der Waals surface area contributed by atoms with E-state index in [1.807, 2.05) is 24.4 Å². The lowest BCUT2D eigenvalue weighted by Crippen LogP contribution is -2.19. The number of carbonyl (C=O) groups excluding carboxylic acids is 2. The molecule has 3 N–H and O–H groups in total. The van der Waals surface area contributed by atoms with Gasteiger partial charge in [-0.3, -0.25) is 4.79 Å². The van der Waals surface area contributed by atoms with Crippen molar-refractivity contribution in [1.82, 2.24) is 4.98 Å². The van der Waals surface area contributed by atoms with Crippen LogP contribution in [0.15, 0.2) is 72.6 Å². The van der Waals surface area contributed by atoms with E-state index >= 15 is 0 Å². The first-order valence-corrected chi connectivity index (χ1v) is 10.5. The molecule has 5 rings (SSSR count). The predicted molar refractivity (Wildman–Crippen MR) is 130 cm³/mol. The Hall–Kier alpha value is -4.72. The van der Waals surface area contributed by atoms with Crippen molar-refractivity contribution < 1.29 is 23.8 Å². The number of methoxy groups -OCH3 is 2. The molecule has 0 unspecified atom stereocenters. The lowest BCUT2D eigenvalue weighted by atomic mass is 10.1. The molecule has 2 amide bonds.